The molecule has 1 aliphatic rings. The van der Waals surface area contributed by atoms with E-state index in [1.807, 2.05) is 0 Å². The number of anilines is 1. The van der Waals surface area contributed by atoms with E-state index in [-0.39, 0.29) is 11.5 Å². The Kier molecular flexibility index (Phi) is 2.53. The number of nitrogens with zero attached hydrogens (tertiary/aromatic N) is 3. The first-order valence-electron chi connectivity index (χ1n) is 5.64. The molecule has 0 unspecified atom stereocenters. The molecule has 19 heavy (non-hydrogen) atoms. The molecule has 1 fully saturated rings. The zero-order chi connectivity index (χ0) is 13.6. The SMILES string of the molecule is Nc1ncnn2c([C@@H]3N/C(=C/O)[C@@H](O)[C@H]3F)ccc12. The van der Waals surface area contributed by atoms with Gasteiger partial charge in [0.25, 0.3) is 0 Å². The summed E-state index contributed by atoms with van der Waals surface area (Å²) in [6.07, 6.45) is -1.05. The lowest BCUT2D eigenvalue weighted by Gasteiger charge is -2.13. The standard InChI is InChI=1S/C11H12FN5O2/c12-8-9(16-5(3-18)10(8)19)6-1-2-7-11(13)14-4-15-17(6)7/h1-4,8-10,16,18-19H,(H2,13,14,15)/b5-3+/t8-,9-,10+/m0/s1. The van der Waals surface area contributed by atoms with Crippen molar-refractivity contribution in [2.45, 2.75) is 18.3 Å². The van der Waals surface area contributed by atoms with Gasteiger partial charge in [-0.05, 0) is 12.1 Å². The third-order valence-electron chi connectivity index (χ3n) is 3.23. The molecular formula is C11H12FN5O2. The van der Waals surface area contributed by atoms with Crippen molar-refractivity contribution in [1.82, 2.24) is 19.9 Å². The summed E-state index contributed by atoms with van der Waals surface area (Å²) in [5.74, 6) is 0.285. The second-order valence-corrected chi connectivity index (χ2v) is 4.30. The smallest absolute Gasteiger partial charge is 0.157 e. The van der Waals surface area contributed by atoms with Gasteiger partial charge in [0.1, 0.15) is 30.3 Å². The Morgan fingerprint density at radius 2 is 2.26 bits per heavy atom. The van der Waals surface area contributed by atoms with E-state index in [2.05, 4.69) is 15.4 Å². The Morgan fingerprint density at radius 1 is 1.47 bits per heavy atom. The predicted octanol–water partition coefficient (Wildman–Crippen LogP) is 0.0542. The molecule has 100 valence electrons. The van der Waals surface area contributed by atoms with Crippen molar-refractivity contribution in [2.24, 2.45) is 0 Å². The highest BCUT2D eigenvalue weighted by atomic mass is 19.1. The van der Waals surface area contributed by atoms with Gasteiger partial charge in [-0.1, -0.05) is 0 Å². The summed E-state index contributed by atoms with van der Waals surface area (Å²) < 4.78 is 15.5. The number of nitrogens with one attached hydrogen (secondary N) is 1. The van der Waals surface area contributed by atoms with Crippen LogP contribution in [0.1, 0.15) is 11.7 Å². The van der Waals surface area contributed by atoms with E-state index in [0.717, 1.165) is 0 Å². The molecule has 7 nitrogen and oxygen atoms in total. The number of aliphatic hydroxyl groups is 2. The van der Waals surface area contributed by atoms with Crippen LogP contribution < -0.4 is 11.1 Å². The summed E-state index contributed by atoms with van der Waals surface area (Å²) in [5, 5.41) is 25.3. The maximum atomic E-state index is 14.1. The first kappa shape index (κ1) is 11.7. The second-order valence-electron chi connectivity index (χ2n) is 4.30. The fraction of sp³-hybridized carbons (Fsp3) is 0.273. The minimum absolute atomic E-state index is 0.0366. The van der Waals surface area contributed by atoms with Crippen molar-refractivity contribution in [2.75, 3.05) is 5.73 Å². The van der Waals surface area contributed by atoms with E-state index in [4.69, 9.17) is 10.8 Å². The van der Waals surface area contributed by atoms with E-state index < -0.39 is 18.3 Å². The highest BCUT2D eigenvalue weighted by molar-refractivity contribution is 5.65. The zero-order valence-electron chi connectivity index (χ0n) is 9.73. The van der Waals surface area contributed by atoms with E-state index >= 15 is 0 Å². The molecular weight excluding hydrogens is 253 g/mol. The third kappa shape index (κ3) is 1.60. The topological polar surface area (TPSA) is 109 Å². The number of aromatic nitrogens is 3. The molecule has 5 N–H and O–H groups in total. The van der Waals surface area contributed by atoms with Crippen molar-refractivity contribution < 1.29 is 14.6 Å². The number of hydrogen-bond donors (Lipinski definition) is 4. The molecule has 0 amide bonds. The summed E-state index contributed by atoms with van der Waals surface area (Å²) in [6.45, 7) is 0. The second kappa shape index (κ2) is 4.09. The van der Waals surface area contributed by atoms with Gasteiger partial charge in [0, 0.05) is 0 Å². The lowest BCUT2D eigenvalue weighted by molar-refractivity contribution is 0.115. The van der Waals surface area contributed by atoms with Crippen LogP contribution in [0.15, 0.2) is 30.4 Å². The largest absolute Gasteiger partial charge is 0.514 e. The van der Waals surface area contributed by atoms with Gasteiger partial charge in [-0.3, -0.25) is 0 Å². The normalized spacial score (nSPS) is 28.9. The summed E-state index contributed by atoms with van der Waals surface area (Å²) >= 11 is 0. The third-order valence-corrected chi connectivity index (χ3v) is 3.23. The minimum atomic E-state index is -1.59. The van der Waals surface area contributed by atoms with Crippen LogP contribution >= 0.6 is 0 Å². The van der Waals surface area contributed by atoms with Crippen LogP contribution in [0.25, 0.3) is 5.52 Å². The Labute approximate surface area is 107 Å². The van der Waals surface area contributed by atoms with Crippen LogP contribution in [0.4, 0.5) is 10.2 Å². The summed E-state index contributed by atoms with van der Waals surface area (Å²) in [6, 6.07) is 2.51. The molecule has 0 aliphatic carbocycles. The molecule has 3 rings (SSSR count). The molecule has 3 heterocycles. The Bertz CT molecular complexity index is 656. The molecule has 2 aromatic rings. The molecule has 2 aromatic heterocycles. The Hall–Kier alpha value is -2.35. The van der Waals surface area contributed by atoms with Gasteiger partial charge in [-0.25, -0.2) is 13.9 Å². The molecule has 0 aromatic carbocycles. The van der Waals surface area contributed by atoms with Crippen molar-refractivity contribution in [3.05, 3.63) is 36.1 Å². The number of halogens is 1. The van der Waals surface area contributed by atoms with Crippen LogP contribution in [-0.4, -0.2) is 37.1 Å². The van der Waals surface area contributed by atoms with Gasteiger partial charge in [-0.15, -0.1) is 0 Å². The number of rotatable bonds is 1. The van der Waals surface area contributed by atoms with Crippen molar-refractivity contribution in [1.29, 1.82) is 0 Å². The fourth-order valence-corrected chi connectivity index (χ4v) is 2.26. The van der Waals surface area contributed by atoms with Crippen molar-refractivity contribution in [3.8, 4) is 0 Å². The number of hydrogen-bond acceptors (Lipinski definition) is 6. The lowest BCUT2D eigenvalue weighted by atomic mass is 10.1. The van der Waals surface area contributed by atoms with Crippen LogP contribution in [-0.2, 0) is 0 Å². The number of aliphatic hydroxyl groups excluding tert-OH is 2. The fourth-order valence-electron chi connectivity index (χ4n) is 2.26. The number of nitrogen functional groups attached to an aromatic ring is 1. The van der Waals surface area contributed by atoms with Crippen molar-refractivity contribution >= 4 is 11.3 Å². The van der Waals surface area contributed by atoms with Crippen LogP contribution in [0.5, 0.6) is 0 Å². The van der Waals surface area contributed by atoms with Gasteiger partial charge in [0.15, 0.2) is 12.0 Å². The average molecular weight is 265 g/mol. The number of fused-ring (bicyclic) bond motifs is 1. The van der Waals surface area contributed by atoms with Gasteiger partial charge in [0.2, 0.25) is 0 Å². The molecule has 8 heteroatoms. The average Bonchev–Trinajstić information content (AvgIpc) is 2.94. The highest BCUT2D eigenvalue weighted by Crippen LogP contribution is 2.32. The monoisotopic (exact) mass is 265 g/mol. The van der Waals surface area contributed by atoms with Crippen LogP contribution in [0.3, 0.4) is 0 Å². The maximum absolute atomic E-state index is 14.1. The Balaban J connectivity index is 2.09. The van der Waals surface area contributed by atoms with Gasteiger partial charge in [0.05, 0.1) is 11.4 Å². The molecule has 1 saturated heterocycles. The van der Waals surface area contributed by atoms with E-state index in [1.165, 1.54) is 10.8 Å². The Morgan fingerprint density at radius 3 is 2.95 bits per heavy atom. The molecule has 0 bridgehead atoms. The minimum Gasteiger partial charge on any atom is -0.514 e. The molecule has 0 radical (unpaired) electrons. The molecule has 3 atom stereocenters. The first-order valence-corrected chi connectivity index (χ1v) is 5.64. The van der Waals surface area contributed by atoms with Crippen molar-refractivity contribution in [3.63, 3.8) is 0 Å². The van der Waals surface area contributed by atoms with E-state index in [0.29, 0.717) is 17.5 Å². The molecule has 0 saturated carbocycles. The quantitative estimate of drug-likeness (QED) is 0.543. The van der Waals surface area contributed by atoms with Gasteiger partial charge < -0.3 is 21.3 Å². The van der Waals surface area contributed by atoms with E-state index in [1.54, 1.807) is 12.1 Å². The van der Waals surface area contributed by atoms with Crippen LogP contribution in [0, 0.1) is 0 Å². The summed E-state index contributed by atoms with van der Waals surface area (Å²) in [7, 11) is 0. The van der Waals surface area contributed by atoms with Gasteiger partial charge >= 0.3 is 0 Å². The maximum Gasteiger partial charge on any atom is 0.157 e. The summed E-state index contributed by atoms with van der Waals surface area (Å²) in [4.78, 5) is 3.84. The van der Waals surface area contributed by atoms with E-state index in [9.17, 15) is 9.50 Å². The zero-order valence-corrected chi connectivity index (χ0v) is 9.73. The lowest BCUT2D eigenvalue weighted by Crippen LogP contribution is -2.23. The van der Waals surface area contributed by atoms with Crippen LogP contribution in [0.2, 0.25) is 0 Å². The number of nitrogens with two attached hydrogens (primary N) is 1. The van der Waals surface area contributed by atoms with Gasteiger partial charge in [-0.2, -0.15) is 5.10 Å². The molecule has 0 spiro atoms. The first-order chi connectivity index (χ1) is 9.13. The number of alkyl halides is 1. The molecule has 1 aliphatic heterocycles. The predicted molar refractivity (Wildman–Crippen MR) is 64.9 cm³/mol. The summed E-state index contributed by atoms with van der Waals surface area (Å²) in [5.41, 5.74) is 6.78. The highest BCUT2D eigenvalue weighted by Gasteiger charge is 2.41.